The highest BCUT2D eigenvalue weighted by Crippen LogP contribution is 2.28. The summed E-state index contributed by atoms with van der Waals surface area (Å²) in [5, 5.41) is 0. The van der Waals surface area contributed by atoms with Crippen LogP contribution in [0.25, 0.3) is 0 Å². The van der Waals surface area contributed by atoms with Crippen molar-refractivity contribution in [2.75, 3.05) is 0 Å². The van der Waals surface area contributed by atoms with Gasteiger partial charge in [0.1, 0.15) is 0 Å². The fourth-order valence-electron chi connectivity index (χ4n) is 1.96. The van der Waals surface area contributed by atoms with Crippen LogP contribution in [-0.2, 0) is 4.79 Å². The van der Waals surface area contributed by atoms with Crippen LogP contribution in [0.1, 0.15) is 36.0 Å². The van der Waals surface area contributed by atoms with Crippen molar-refractivity contribution in [3.05, 3.63) is 45.0 Å². The number of carbonyl (C=O) groups excluding carboxylic acids is 2. The maximum absolute atomic E-state index is 12.2. The van der Waals surface area contributed by atoms with E-state index in [4.69, 9.17) is 0 Å². The lowest BCUT2D eigenvalue weighted by atomic mass is 9.92. The van der Waals surface area contributed by atoms with Crippen LogP contribution in [-0.4, -0.2) is 11.6 Å². The normalized spacial score (nSPS) is 19.0. The first-order valence-corrected chi connectivity index (χ1v) is 6.79. The summed E-state index contributed by atoms with van der Waals surface area (Å²) >= 11 is 2.01. The SMILES string of the molecule is O=C1CCCC/C1=C(\I)C(=O)c1ccccc1. The second-order valence-corrected chi connectivity index (χ2v) is 5.20. The third-order valence-corrected chi connectivity index (χ3v) is 4.06. The van der Waals surface area contributed by atoms with Crippen molar-refractivity contribution in [2.45, 2.75) is 25.7 Å². The average Bonchev–Trinajstić information content (AvgIpc) is 2.39. The van der Waals surface area contributed by atoms with Gasteiger partial charge in [-0.2, -0.15) is 0 Å². The number of rotatable bonds is 2. The highest BCUT2D eigenvalue weighted by Gasteiger charge is 2.22. The maximum Gasteiger partial charge on any atom is 0.199 e. The molecule has 0 saturated heterocycles. The molecule has 1 saturated carbocycles. The first-order valence-electron chi connectivity index (χ1n) is 5.72. The fraction of sp³-hybridized carbons (Fsp3) is 0.286. The minimum Gasteiger partial charge on any atom is -0.295 e. The number of hydrogen-bond acceptors (Lipinski definition) is 2. The van der Waals surface area contributed by atoms with Crippen molar-refractivity contribution in [3.8, 4) is 0 Å². The molecule has 0 bridgehead atoms. The molecule has 0 radical (unpaired) electrons. The Morgan fingerprint density at radius 3 is 2.35 bits per heavy atom. The third-order valence-electron chi connectivity index (χ3n) is 2.92. The molecule has 17 heavy (non-hydrogen) atoms. The predicted octanol–water partition coefficient (Wildman–Crippen LogP) is 3.70. The number of ketones is 2. The van der Waals surface area contributed by atoms with Crippen molar-refractivity contribution < 1.29 is 9.59 Å². The molecule has 3 heteroatoms. The second-order valence-electron chi connectivity index (χ2n) is 4.12. The molecule has 2 nitrogen and oxygen atoms in total. The molecule has 2 rings (SSSR count). The molecule has 1 aliphatic carbocycles. The summed E-state index contributed by atoms with van der Waals surface area (Å²) in [5.74, 6) is 0.112. The van der Waals surface area contributed by atoms with E-state index >= 15 is 0 Å². The molecule has 0 atom stereocenters. The molecule has 0 unspecified atom stereocenters. The number of halogens is 1. The van der Waals surface area contributed by atoms with Gasteiger partial charge < -0.3 is 0 Å². The number of carbonyl (C=O) groups is 2. The summed E-state index contributed by atoms with van der Waals surface area (Å²) in [6.45, 7) is 0. The average molecular weight is 340 g/mol. The largest absolute Gasteiger partial charge is 0.295 e. The smallest absolute Gasteiger partial charge is 0.199 e. The van der Waals surface area contributed by atoms with Gasteiger partial charge >= 0.3 is 0 Å². The first-order chi connectivity index (χ1) is 8.20. The summed E-state index contributed by atoms with van der Waals surface area (Å²) in [6.07, 6.45) is 3.29. The van der Waals surface area contributed by atoms with Gasteiger partial charge in [-0.25, -0.2) is 0 Å². The van der Waals surface area contributed by atoms with Crippen molar-refractivity contribution in [1.29, 1.82) is 0 Å². The monoisotopic (exact) mass is 340 g/mol. The molecule has 1 aliphatic rings. The van der Waals surface area contributed by atoms with Crippen molar-refractivity contribution in [3.63, 3.8) is 0 Å². The van der Waals surface area contributed by atoms with Crippen molar-refractivity contribution in [2.24, 2.45) is 0 Å². The Morgan fingerprint density at radius 2 is 1.71 bits per heavy atom. The highest BCUT2D eigenvalue weighted by atomic mass is 127. The van der Waals surface area contributed by atoms with Crippen LogP contribution in [0.2, 0.25) is 0 Å². The molecule has 0 aromatic heterocycles. The summed E-state index contributed by atoms with van der Waals surface area (Å²) < 4.78 is 0.596. The topological polar surface area (TPSA) is 34.1 Å². The number of allylic oxidation sites excluding steroid dienone is 2. The van der Waals surface area contributed by atoms with Crippen LogP contribution >= 0.6 is 22.6 Å². The molecule has 0 heterocycles. The lowest BCUT2D eigenvalue weighted by Gasteiger charge is -2.14. The molecular weight excluding hydrogens is 327 g/mol. The molecule has 1 aromatic carbocycles. The van der Waals surface area contributed by atoms with E-state index in [9.17, 15) is 9.59 Å². The molecule has 88 valence electrons. The molecule has 0 aliphatic heterocycles. The quantitative estimate of drug-likeness (QED) is 0.467. The van der Waals surface area contributed by atoms with Gasteiger partial charge in [-0.05, 0) is 41.9 Å². The Labute approximate surface area is 114 Å². The summed E-state index contributed by atoms with van der Waals surface area (Å²) in [7, 11) is 0. The van der Waals surface area contributed by atoms with Gasteiger partial charge in [-0.15, -0.1) is 0 Å². The van der Waals surface area contributed by atoms with E-state index in [1.54, 1.807) is 12.1 Å². The van der Waals surface area contributed by atoms with Gasteiger partial charge in [0, 0.05) is 17.6 Å². The lowest BCUT2D eigenvalue weighted by Crippen LogP contribution is -2.13. The van der Waals surface area contributed by atoms with Crippen LogP contribution in [0, 0.1) is 0 Å². The third kappa shape index (κ3) is 2.83. The maximum atomic E-state index is 12.2. The Hall–Kier alpha value is -0.970. The van der Waals surface area contributed by atoms with Gasteiger partial charge in [-0.1, -0.05) is 30.3 Å². The number of benzene rings is 1. The van der Waals surface area contributed by atoms with Gasteiger partial charge in [0.15, 0.2) is 11.6 Å². The van der Waals surface area contributed by atoms with E-state index < -0.39 is 0 Å². The van der Waals surface area contributed by atoms with E-state index in [2.05, 4.69) is 0 Å². The Morgan fingerprint density at radius 1 is 1.06 bits per heavy atom. The highest BCUT2D eigenvalue weighted by molar-refractivity contribution is 14.1. The zero-order valence-electron chi connectivity index (χ0n) is 9.41. The molecule has 1 fully saturated rings. The van der Waals surface area contributed by atoms with Gasteiger partial charge in [-0.3, -0.25) is 9.59 Å². The molecule has 0 amide bonds. The summed E-state index contributed by atoms with van der Waals surface area (Å²) in [5.41, 5.74) is 1.38. The van der Waals surface area contributed by atoms with Crippen LogP contribution in [0.4, 0.5) is 0 Å². The molecular formula is C14H13IO2. The van der Waals surface area contributed by atoms with E-state index in [-0.39, 0.29) is 11.6 Å². The molecule has 0 N–H and O–H groups in total. The van der Waals surface area contributed by atoms with E-state index in [1.165, 1.54) is 0 Å². The minimum absolute atomic E-state index is 0.0311. The Kier molecular flexibility index (Phi) is 4.10. The van der Waals surface area contributed by atoms with Crippen LogP contribution in [0.5, 0.6) is 0 Å². The van der Waals surface area contributed by atoms with Crippen molar-refractivity contribution >= 4 is 34.2 Å². The van der Waals surface area contributed by atoms with Gasteiger partial charge in [0.2, 0.25) is 0 Å². The number of hydrogen-bond donors (Lipinski definition) is 0. The van der Waals surface area contributed by atoms with E-state index in [1.807, 2.05) is 40.8 Å². The number of Topliss-reactive ketones (excluding diaryl/α,β-unsaturated/α-hetero) is 2. The lowest BCUT2D eigenvalue weighted by molar-refractivity contribution is -0.116. The van der Waals surface area contributed by atoms with Crippen LogP contribution < -0.4 is 0 Å². The fourth-order valence-corrected chi connectivity index (χ4v) is 2.84. The summed E-state index contributed by atoms with van der Waals surface area (Å²) in [6, 6.07) is 9.13. The predicted molar refractivity (Wildman–Crippen MR) is 75.3 cm³/mol. The Balaban J connectivity index is 2.30. The van der Waals surface area contributed by atoms with Crippen LogP contribution in [0.3, 0.4) is 0 Å². The first kappa shape index (κ1) is 12.5. The Bertz CT molecular complexity index is 474. The second kappa shape index (κ2) is 5.58. The van der Waals surface area contributed by atoms with Crippen molar-refractivity contribution in [1.82, 2.24) is 0 Å². The zero-order chi connectivity index (χ0) is 12.3. The van der Waals surface area contributed by atoms with E-state index in [0.29, 0.717) is 15.6 Å². The summed E-state index contributed by atoms with van der Waals surface area (Å²) in [4.78, 5) is 23.9. The van der Waals surface area contributed by atoms with Gasteiger partial charge in [0.25, 0.3) is 0 Å². The molecule has 1 aromatic rings. The zero-order valence-corrected chi connectivity index (χ0v) is 11.6. The molecule has 0 spiro atoms. The van der Waals surface area contributed by atoms with E-state index in [0.717, 1.165) is 24.8 Å². The van der Waals surface area contributed by atoms with Crippen LogP contribution in [0.15, 0.2) is 39.5 Å². The minimum atomic E-state index is -0.0311. The van der Waals surface area contributed by atoms with Gasteiger partial charge in [0.05, 0.1) is 3.58 Å². The standard InChI is InChI=1S/C14H13IO2/c15-13(11-8-4-5-9-12(11)16)14(17)10-6-2-1-3-7-10/h1-3,6-7H,4-5,8-9H2/b13-11+.